The number of unbranched alkanes of at least 4 members (excludes halogenated alkanes) is 3. The minimum Gasteiger partial charge on any atom is -0.444 e. The second-order valence-electron chi connectivity index (χ2n) is 4.18. The molecular weight excluding hydrogens is 224 g/mol. The number of rotatable bonds is 5. The molecule has 0 saturated carbocycles. The Bertz CT molecular complexity index is 412. The van der Waals surface area contributed by atoms with E-state index in [0.717, 1.165) is 18.4 Å². The number of carbonyl (C=O) groups is 1. The first-order valence-corrected chi connectivity index (χ1v) is 6.44. The minimum atomic E-state index is -0.440. The van der Waals surface area contributed by atoms with Crippen molar-refractivity contribution in [3.8, 4) is 11.8 Å². The molecule has 0 spiro atoms. The minimum absolute atomic E-state index is 0.299. The highest BCUT2D eigenvalue weighted by molar-refractivity contribution is 5.66. The molecule has 0 aliphatic heterocycles. The summed E-state index contributed by atoms with van der Waals surface area (Å²) in [6.45, 7) is 3.58. The SMILES string of the molecule is CCCCCC#CC(OC(C)=O)c1ccccc1. The fourth-order valence-electron chi connectivity index (χ4n) is 1.60. The van der Waals surface area contributed by atoms with Crippen molar-refractivity contribution < 1.29 is 9.53 Å². The van der Waals surface area contributed by atoms with E-state index in [4.69, 9.17) is 4.74 Å². The van der Waals surface area contributed by atoms with Crippen LogP contribution >= 0.6 is 0 Å². The molecule has 18 heavy (non-hydrogen) atoms. The lowest BCUT2D eigenvalue weighted by atomic mass is 10.1. The van der Waals surface area contributed by atoms with Crippen LogP contribution < -0.4 is 0 Å². The predicted molar refractivity (Wildman–Crippen MR) is 72.9 cm³/mol. The average molecular weight is 244 g/mol. The first-order valence-electron chi connectivity index (χ1n) is 6.44. The van der Waals surface area contributed by atoms with Gasteiger partial charge in [0.2, 0.25) is 0 Å². The lowest BCUT2D eigenvalue weighted by Gasteiger charge is -2.10. The molecule has 0 fully saturated rings. The Hall–Kier alpha value is -1.75. The summed E-state index contributed by atoms with van der Waals surface area (Å²) in [5.74, 6) is 5.83. The molecule has 1 atom stereocenters. The Balaban J connectivity index is 2.64. The maximum atomic E-state index is 11.1. The van der Waals surface area contributed by atoms with E-state index in [1.54, 1.807) is 0 Å². The number of hydrogen-bond acceptors (Lipinski definition) is 2. The Labute approximate surface area is 109 Å². The number of ether oxygens (including phenoxy) is 1. The molecule has 1 aromatic carbocycles. The highest BCUT2D eigenvalue weighted by atomic mass is 16.5. The molecule has 0 heterocycles. The van der Waals surface area contributed by atoms with Gasteiger partial charge in [-0.15, -0.1) is 0 Å². The third-order valence-electron chi connectivity index (χ3n) is 2.52. The van der Waals surface area contributed by atoms with Crippen LogP contribution in [-0.4, -0.2) is 5.97 Å². The first-order chi connectivity index (χ1) is 8.74. The van der Waals surface area contributed by atoms with Gasteiger partial charge in [0.05, 0.1) is 0 Å². The summed E-state index contributed by atoms with van der Waals surface area (Å²) in [5, 5.41) is 0. The van der Waals surface area contributed by atoms with Crippen LogP contribution in [-0.2, 0) is 9.53 Å². The molecular formula is C16H20O2. The van der Waals surface area contributed by atoms with Gasteiger partial charge in [-0.3, -0.25) is 4.79 Å². The van der Waals surface area contributed by atoms with Crippen LogP contribution in [0.3, 0.4) is 0 Å². The molecule has 2 heteroatoms. The van der Waals surface area contributed by atoms with Crippen molar-refractivity contribution in [2.45, 2.75) is 45.6 Å². The van der Waals surface area contributed by atoms with E-state index in [9.17, 15) is 4.79 Å². The van der Waals surface area contributed by atoms with Gasteiger partial charge in [-0.1, -0.05) is 61.9 Å². The topological polar surface area (TPSA) is 26.3 Å². The standard InChI is InChI=1S/C16H20O2/c1-3-4-5-6-10-13-16(18-14(2)17)15-11-8-7-9-12-15/h7-9,11-12,16H,3-6H2,1-2H3. The Morgan fingerprint density at radius 2 is 2.00 bits per heavy atom. The van der Waals surface area contributed by atoms with Gasteiger partial charge in [-0.25, -0.2) is 0 Å². The lowest BCUT2D eigenvalue weighted by molar-refractivity contribution is -0.144. The number of esters is 1. The van der Waals surface area contributed by atoms with Crippen LogP contribution in [0.5, 0.6) is 0 Å². The van der Waals surface area contributed by atoms with Crippen molar-refractivity contribution in [2.24, 2.45) is 0 Å². The molecule has 1 unspecified atom stereocenters. The first kappa shape index (κ1) is 14.3. The smallest absolute Gasteiger partial charge is 0.304 e. The van der Waals surface area contributed by atoms with Crippen LogP contribution in [0.4, 0.5) is 0 Å². The van der Waals surface area contributed by atoms with Gasteiger partial charge in [0.15, 0.2) is 6.10 Å². The van der Waals surface area contributed by atoms with E-state index in [0.29, 0.717) is 0 Å². The molecule has 0 amide bonds. The molecule has 2 nitrogen and oxygen atoms in total. The fraction of sp³-hybridized carbons (Fsp3) is 0.438. The van der Waals surface area contributed by atoms with E-state index < -0.39 is 6.10 Å². The van der Waals surface area contributed by atoms with Crippen LogP contribution in [0, 0.1) is 11.8 Å². The van der Waals surface area contributed by atoms with Crippen LogP contribution in [0.1, 0.15) is 51.2 Å². The summed E-state index contributed by atoms with van der Waals surface area (Å²) < 4.78 is 5.23. The molecule has 0 aliphatic carbocycles. The largest absolute Gasteiger partial charge is 0.444 e. The van der Waals surface area contributed by atoms with Gasteiger partial charge in [0, 0.05) is 18.9 Å². The maximum Gasteiger partial charge on any atom is 0.304 e. The Kier molecular flexibility index (Phi) is 6.64. The second kappa shape index (κ2) is 8.36. The summed E-state index contributed by atoms with van der Waals surface area (Å²) in [4.78, 5) is 11.1. The van der Waals surface area contributed by atoms with E-state index in [1.165, 1.54) is 19.8 Å². The molecule has 96 valence electrons. The third kappa shape index (κ3) is 5.54. The molecule has 0 radical (unpaired) electrons. The summed E-state index contributed by atoms with van der Waals surface area (Å²) in [6.07, 6.45) is 3.90. The van der Waals surface area contributed by atoms with Crippen LogP contribution in [0.15, 0.2) is 30.3 Å². The van der Waals surface area contributed by atoms with Gasteiger partial charge >= 0.3 is 5.97 Å². The fourth-order valence-corrected chi connectivity index (χ4v) is 1.60. The molecule has 0 saturated heterocycles. The number of benzene rings is 1. The van der Waals surface area contributed by atoms with E-state index in [2.05, 4.69) is 18.8 Å². The van der Waals surface area contributed by atoms with Crippen molar-refractivity contribution in [3.05, 3.63) is 35.9 Å². The van der Waals surface area contributed by atoms with Gasteiger partial charge in [0.1, 0.15) is 0 Å². The lowest BCUT2D eigenvalue weighted by Crippen LogP contribution is -2.06. The third-order valence-corrected chi connectivity index (χ3v) is 2.52. The molecule has 0 aliphatic rings. The van der Waals surface area contributed by atoms with E-state index >= 15 is 0 Å². The summed E-state index contributed by atoms with van der Waals surface area (Å²) in [5.41, 5.74) is 0.927. The molecule has 1 aromatic rings. The number of hydrogen-bond donors (Lipinski definition) is 0. The van der Waals surface area contributed by atoms with Crippen molar-refractivity contribution in [3.63, 3.8) is 0 Å². The molecule has 0 bridgehead atoms. The van der Waals surface area contributed by atoms with Crippen LogP contribution in [0.25, 0.3) is 0 Å². The zero-order chi connectivity index (χ0) is 13.2. The normalized spacial score (nSPS) is 11.2. The van der Waals surface area contributed by atoms with Crippen molar-refractivity contribution in [1.29, 1.82) is 0 Å². The van der Waals surface area contributed by atoms with Gasteiger partial charge in [0.25, 0.3) is 0 Å². The summed E-state index contributed by atoms with van der Waals surface area (Å²) >= 11 is 0. The molecule has 1 rings (SSSR count). The summed E-state index contributed by atoms with van der Waals surface area (Å²) in [7, 11) is 0. The zero-order valence-electron chi connectivity index (χ0n) is 11.1. The summed E-state index contributed by atoms with van der Waals surface area (Å²) in [6, 6.07) is 9.63. The van der Waals surface area contributed by atoms with Crippen molar-refractivity contribution in [2.75, 3.05) is 0 Å². The van der Waals surface area contributed by atoms with Crippen molar-refractivity contribution in [1.82, 2.24) is 0 Å². The Morgan fingerprint density at radius 1 is 1.28 bits per heavy atom. The second-order valence-corrected chi connectivity index (χ2v) is 4.18. The highest BCUT2D eigenvalue weighted by Gasteiger charge is 2.10. The van der Waals surface area contributed by atoms with Crippen LogP contribution in [0.2, 0.25) is 0 Å². The predicted octanol–water partition coefficient (Wildman–Crippen LogP) is 3.87. The maximum absolute atomic E-state index is 11.1. The monoisotopic (exact) mass is 244 g/mol. The average Bonchev–Trinajstić information content (AvgIpc) is 2.38. The molecule has 0 N–H and O–H groups in total. The highest BCUT2D eigenvalue weighted by Crippen LogP contribution is 2.16. The van der Waals surface area contributed by atoms with Gasteiger partial charge in [-0.2, -0.15) is 0 Å². The molecule has 0 aromatic heterocycles. The zero-order valence-corrected chi connectivity index (χ0v) is 11.1. The van der Waals surface area contributed by atoms with Gasteiger partial charge in [-0.05, 0) is 6.42 Å². The van der Waals surface area contributed by atoms with E-state index in [1.807, 2.05) is 30.3 Å². The quantitative estimate of drug-likeness (QED) is 0.446. The van der Waals surface area contributed by atoms with Gasteiger partial charge < -0.3 is 4.74 Å². The Morgan fingerprint density at radius 3 is 2.61 bits per heavy atom. The van der Waals surface area contributed by atoms with Crippen molar-refractivity contribution >= 4 is 5.97 Å². The number of carbonyl (C=O) groups excluding carboxylic acids is 1. The van der Waals surface area contributed by atoms with E-state index in [-0.39, 0.29) is 5.97 Å².